The van der Waals surface area contributed by atoms with Crippen LogP contribution in [0.15, 0.2) is 0 Å². The Kier molecular flexibility index (Phi) is 5.62. The monoisotopic (exact) mass is 212 g/mol. The van der Waals surface area contributed by atoms with Crippen LogP contribution in [0.2, 0.25) is 0 Å². The highest BCUT2D eigenvalue weighted by Crippen LogP contribution is 2.12. The Bertz CT molecular complexity index is 168. The molecule has 0 N–H and O–H groups in total. The van der Waals surface area contributed by atoms with Gasteiger partial charge in [-0.1, -0.05) is 13.3 Å². The van der Waals surface area contributed by atoms with Crippen LogP contribution in [0.25, 0.3) is 0 Å². The lowest BCUT2D eigenvalue weighted by molar-refractivity contribution is 0.188. The molecule has 0 aromatic carbocycles. The van der Waals surface area contributed by atoms with Crippen molar-refractivity contribution in [2.24, 2.45) is 0 Å². The van der Waals surface area contributed by atoms with Crippen LogP contribution >= 0.6 is 0 Å². The molecule has 0 aliphatic carbocycles. The molecule has 2 heteroatoms. The highest BCUT2D eigenvalue weighted by atomic mass is 15.2. The van der Waals surface area contributed by atoms with Gasteiger partial charge in [-0.25, -0.2) is 0 Å². The van der Waals surface area contributed by atoms with Gasteiger partial charge in [0, 0.05) is 25.2 Å². The second kappa shape index (κ2) is 6.49. The molecule has 0 aromatic heterocycles. The fourth-order valence-electron chi connectivity index (χ4n) is 2.51. The Labute approximate surface area is 95.6 Å². The minimum absolute atomic E-state index is 0.714. The van der Waals surface area contributed by atoms with Crippen LogP contribution < -0.4 is 0 Å². The van der Waals surface area contributed by atoms with Gasteiger partial charge in [0.2, 0.25) is 0 Å². The SMILES string of the molecule is CCCC(C)N1CCCN(C(C)C)CC1. The summed E-state index contributed by atoms with van der Waals surface area (Å²) in [6, 6.07) is 1.49. The summed E-state index contributed by atoms with van der Waals surface area (Å²) in [5.74, 6) is 0. The van der Waals surface area contributed by atoms with Crippen molar-refractivity contribution in [1.29, 1.82) is 0 Å². The lowest BCUT2D eigenvalue weighted by atomic mass is 10.1. The van der Waals surface area contributed by atoms with Gasteiger partial charge in [0.05, 0.1) is 0 Å². The van der Waals surface area contributed by atoms with Crippen molar-refractivity contribution in [2.75, 3.05) is 26.2 Å². The molecule has 1 rings (SSSR count). The van der Waals surface area contributed by atoms with E-state index in [4.69, 9.17) is 0 Å². The van der Waals surface area contributed by atoms with E-state index in [1.54, 1.807) is 0 Å². The maximum absolute atomic E-state index is 2.67. The molecular formula is C13H28N2. The third-order valence-electron chi connectivity index (χ3n) is 3.63. The molecule has 0 spiro atoms. The molecule has 1 heterocycles. The van der Waals surface area contributed by atoms with Crippen molar-refractivity contribution >= 4 is 0 Å². The maximum atomic E-state index is 2.67. The minimum atomic E-state index is 0.714. The minimum Gasteiger partial charge on any atom is -0.300 e. The van der Waals surface area contributed by atoms with Crippen LogP contribution in [0.1, 0.15) is 47.0 Å². The van der Waals surface area contributed by atoms with Gasteiger partial charge >= 0.3 is 0 Å². The zero-order chi connectivity index (χ0) is 11.3. The van der Waals surface area contributed by atoms with E-state index in [-0.39, 0.29) is 0 Å². The van der Waals surface area contributed by atoms with Gasteiger partial charge in [0.1, 0.15) is 0 Å². The molecule has 1 unspecified atom stereocenters. The van der Waals surface area contributed by atoms with Crippen LogP contribution in [0, 0.1) is 0 Å². The molecule has 0 aromatic rings. The smallest absolute Gasteiger partial charge is 0.0112 e. The van der Waals surface area contributed by atoms with Crippen LogP contribution in [0.5, 0.6) is 0 Å². The number of rotatable bonds is 4. The molecule has 90 valence electrons. The van der Waals surface area contributed by atoms with Gasteiger partial charge in [-0.3, -0.25) is 9.80 Å². The Morgan fingerprint density at radius 2 is 1.53 bits per heavy atom. The van der Waals surface area contributed by atoms with Crippen molar-refractivity contribution in [1.82, 2.24) is 9.80 Å². The quantitative estimate of drug-likeness (QED) is 0.707. The van der Waals surface area contributed by atoms with Crippen molar-refractivity contribution in [3.05, 3.63) is 0 Å². The molecule has 2 nitrogen and oxygen atoms in total. The predicted molar refractivity (Wildman–Crippen MR) is 67.3 cm³/mol. The molecule has 0 bridgehead atoms. The molecule has 1 fully saturated rings. The number of nitrogens with zero attached hydrogens (tertiary/aromatic N) is 2. The second-order valence-electron chi connectivity index (χ2n) is 5.16. The Hall–Kier alpha value is -0.0800. The summed E-state index contributed by atoms with van der Waals surface area (Å²) in [5.41, 5.74) is 0. The lowest BCUT2D eigenvalue weighted by Gasteiger charge is -2.28. The van der Waals surface area contributed by atoms with Crippen molar-refractivity contribution < 1.29 is 0 Å². The molecule has 0 radical (unpaired) electrons. The van der Waals surface area contributed by atoms with E-state index < -0.39 is 0 Å². The van der Waals surface area contributed by atoms with Crippen LogP contribution in [0.4, 0.5) is 0 Å². The zero-order valence-electron chi connectivity index (χ0n) is 11.0. The average molecular weight is 212 g/mol. The van der Waals surface area contributed by atoms with Gasteiger partial charge < -0.3 is 0 Å². The largest absolute Gasteiger partial charge is 0.300 e. The molecule has 1 saturated heterocycles. The first-order chi connectivity index (χ1) is 7.15. The molecule has 1 aliphatic rings. The molecule has 15 heavy (non-hydrogen) atoms. The molecule has 1 aliphatic heterocycles. The summed E-state index contributed by atoms with van der Waals surface area (Å²) in [6.07, 6.45) is 4.00. The third-order valence-corrected chi connectivity index (χ3v) is 3.63. The van der Waals surface area contributed by atoms with E-state index in [0.29, 0.717) is 6.04 Å². The molecule has 0 amide bonds. The Morgan fingerprint density at radius 1 is 0.933 bits per heavy atom. The van der Waals surface area contributed by atoms with E-state index in [2.05, 4.69) is 37.5 Å². The normalized spacial score (nSPS) is 23.0. The van der Waals surface area contributed by atoms with Gasteiger partial charge in [0.15, 0.2) is 0 Å². The summed E-state index contributed by atoms with van der Waals surface area (Å²) in [4.78, 5) is 5.28. The Balaban J connectivity index is 2.38. The zero-order valence-corrected chi connectivity index (χ0v) is 11.0. The van der Waals surface area contributed by atoms with Gasteiger partial charge in [-0.2, -0.15) is 0 Å². The second-order valence-corrected chi connectivity index (χ2v) is 5.16. The standard InChI is InChI=1S/C13H28N2/c1-5-7-13(4)15-9-6-8-14(10-11-15)12(2)3/h12-13H,5-11H2,1-4H3. The number of hydrogen-bond acceptors (Lipinski definition) is 2. The summed E-state index contributed by atoms with van der Waals surface area (Å²) < 4.78 is 0. The van der Waals surface area contributed by atoms with Gasteiger partial charge in [-0.05, 0) is 46.7 Å². The first kappa shape index (κ1) is 13.0. The highest BCUT2D eigenvalue weighted by Gasteiger charge is 2.19. The van der Waals surface area contributed by atoms with Crippen LogP contribution in [-0.4, -0.2) is 48.1 Å². The first-order valence-electron chi connectivity index (χ1n) is 6.63. The van der Waals surface area contributed by atoms with Crippen LogP contribution in [-0.2, 0) is 0 Å². The molecule has 0 saturated carbocycles. The van der Waals surface area contributed by atoms with Crippen LogP contribution in [0.3, 0.4) is 0 Å². The van der Waals surface area contributed by atoms with E-state index in [9.17, 15) is 0 Å². The maximum Gasteiger partial charge on any atom is 0.0112 e. The first-order valence-corrected chi connectivity index (χ1v) is 6.63. The van der Waals surface area contributed by atoms with Gasteiger partial charge in [0.25, 0.3) is 0 Å². The summed E-state index contributed by atoms with van der Waals surface area (Å²) in [7, 11) is 0. The molecular weight excluding hydrogens is 184 g/mol. The third kappa shape index (κ3) is 4.12. The fourth-order valence-corrected chi connectivity index (χ4v) is 2.51. The van der Waals surface area contributed by atoms with E-state index >= 15 is 0 Å². The van der Waals surface area contributed by atoms with Crippen molar-refractivity contribution in [3.63, 3.8) is 0 Å². The summed E-state index contributed by atoms with van der Waals surface area (Å²) >= 11 is 0. The van der Waals surface area contributed by atoms with Crippen molar-refractivity contribution in [2.45, 2.75) is 59.0 Å². The number of hydrogen-bond donors (Lipinski definition) is 0. The predicted octanol–water partition coefficient (Wildman–Crippen LogP) is 2.59. The van der Waals surface area contributed by atoms with E-state index in [1.807, 2.05) is 0 Å². The summed E-state index contributed by atoms with van der Waals surface area (Å²) in [5, 5.41) is 0. The summed E-state index contributed by atoms with van der Waals surface area (Å²) in [6.45, 7) is 14.4. The highest BCUT2D eigenvalue weighted by molar-refractivity contribution is 4.75. The van der Waals surface area contributed by atoms with E-state index in [1.165, 1.54) is 45.4 Å². The van der Waals surface area contributed by atoms with Crippen molar-refractivity contribution in [3.8, 4) is 0 Å². The van der Waals surface area contributed by atoms with E-state index in [0.717, 1.165) is 6.04 Å². The Morgan fingerprint density at radius 3 is 2.13 bits per heavy atom. The average Bonchev–Trinajstić information content (AvgIpc) is 2.43. The lowest BCUT2D eigenvalue weighted by Crippen LogP contribution is -2.38. The topological polar surface area (TPSA) is 6.48 Å². The molecule has 1 atom stereocenters. The fraction of sp³-hybridized carbons (Fsp3) is 1.00. The van der Waals surface area contributed by atoms with Gasteiger partial charge in [-0.15, -0.1) is 0 Å².